The van der Waals surface area contributed by atoms with E-state index < -0.39 is 11.5 Å². The van der Waals surface area contributed by atoms with Crippen LogP contribution in [-0.2, 0) is 12.8 Å². The van der Waals surface area contributed by atoms with E-state index in [1.165, 1.54) is 6.07 Å². The van der Waals surface area contributed by atoms with Gasteiger partial charge in [0.25, 0.3) is 11.5 Å². The molecule has 0 saturated carbocycles. The molecule has 4 rings (SSSR count). The molecule has 0 saturated heterocycles. The quantitative estimate of drug-likeness (QED) is 0.687. The minimum atomic E-state index is -0.453. The lowest BCUT2D eigenvalue weighted by atomic mass is 9.75. The van der Waals surface area contributed by atoms with Crippen LogP contribution in [0.2, 0.25) is 0 Å². The van der Waals surface area contributed by atoms with Crippen LogP contribution in [0.25, 0.3) is 5.69 Å². The van der Waals surface area contributed by atoms with E-state index in [1.54, 1.807) is 4.57 Å². The predicted octanol–water partition coefficient (Wildman–Crippen LogP) is 3.97. The molecule has 1 heterocycles. The zero-order valence-corrected chi connectivity index (χ0v) is 17.9. The molecular weight excluding hydrogens is 388 g/mol. The summed E-state index contributed by atoms with van der Waals surface area (Å²) in [5, 5.41) is 2.84. The van der Waals surface area contributed by atoms with Gasteiger partial charge in [-0.25, -0.2) is 0 Å². The molecular formula is C26H26N2O3. The van der Waals surface area contributed by atoms with Gasteiger partial charge in [0.1, 0.15) is 5.56 Å². The Labute approximate surface area is 181 Å². The number of nitrogens with zero attached hydrogens (tertiary/aromatic N) is 1. The number of hydrogen-bond acceptors (Lipinski definition) is 3. The van der Waals surface area contributed by atoms with E-state index in [1.807, 2.05) is 74.5 Å². The second-order valence-corrected chi connectivity index (χ2v) is 8.83. The second kappa shape index (κ2) is 8.34. The third-order valence-corrected chi connectivity index (χ3v) is 5.69. The summed E-state index contributed by atoms with van der Waals surface area (Å²) in [6.45, 7) is 4.46. The van der Waals surface area contributed by atoms with Crippen molar-refractivity contribution < 1.29 is 9.59 Å². The van der Waals surface area contributed by atoms with E-state index in [0.717, 1.165) is 5.56 Å². The first-order valence-electron chi connectivity index (χ1n) is 10.6. The summed E-state index contributed by atoms with van der Waals surface area (Å²) in [6.07, 6.45) is 1.65. The fourth-order valence-corrected chi connectivity index (χ4v) is 4.19. The van der Waals surface area contributed by atoms with E-state index in [9.17, 15) is 14.4 Å². The lowest BCUT2D eigenvalue weighted by molar-refractivity contribution is 0.0908. The number of para-hydroxylation sites is 1. The fraction of sp³-hybridized carbons (Fsp3) is 0.269. The van der Waals surface area contributed by atoms with Gasteiger partial charge < -0.3 is 5.32 Å². The Morgan fingerprint density at radius 3 is 2.29 bits per heavy atom. The van der Waals surface area contributed by atoms with Crippen molar-refractivity contribution in [3.05, 3.63) is 99.5 Å². The molecule has 5 heteroatoms. The Morgan fingerprint density at radius 2 is 1.61 bits per heavy atom. The van der Waals surface area contributed by atoms with Gasteiger partial charge in [0, 0.05) is 29.9 Å². The standard InChI is InChI=1S/C26H26N2O3/c1-26(2)16-22-20(23(29)17-26)15-21(25(31)28(22)19-11-7-4-8-12-19)24(30)27-14-13-18-9-5-3-6-10-18/h3-12,15H,13-14,16-17H2,1-2H3,(H,27,30). The smallest absolute Gasteiger partial charge is 0.268 e. The van der Waals surface area contributed by atoms with Gasteiger partial charge in [0.2, 0.25) is 0 Å². The fourth-order valence-electron chi connectivity index (χ4n) is 4.19. The lowest BCUT2D eigenvalue weighted by Gasteiger charge is -2.32. The molecule has 1 aromatic heterocycles. The number of benzene rings is 2. The summed E-state index contributed by atoms with van der Waals surface area (Å²) in [5.74, 6) is -0.486. The van der Waals surface area contributed by atoms with Gasteiger partial charge in [-0.05, 0) is 42.0 Å². The van der Waals surface area contributed by atoms with Crippen molar-refractivity contribution in [2.45, 2.75) is 33.1 Å². The van der Waals surface area contributed by atoms with Crippen molar-refractivity contribution >= 4 is 11.7 Å². The third-order valence-electron chi connectivity index (χ3n) is 5.69. The molecule has 0 fully saturated rings. The van der Waals surface area contributed by atoms with Crippen LogP contribution in [0, 0.1) is 5.41 Å². The van der Waals surface area contributed by atoms with Crippen LogP contribution in [0.15, 0.2) is 71.5 Å². The Balaban J connectivity index is 1.72. The molecule has 2 aromatic carbocycles. The third kappa shape index (κ3) is 4.36. The maximum Gasteiger partial charge on any atom is 0.268 e. The Morgan fingerprint density at radius 1 is 0.968 bits per heavy atom. The maximum atomic E-state index is 13.4. The summed E-state index contributed by atoms with van der Waals surface area (Å²) >= 11 is 0. The van der Waals surface area contributed by atoms with Gasteiger partial charge in [-0.2, -0.15) is 0 Å². The highest BCUT2D eigenvalue weighted by molar-refractivity contribution is 6.02. The van der Waals surface area contributed by atoms with Crippen molar-refractivity contribution in [3.8, 4) is 5.69 Å². The number of pyridine rings is 1. The number of amides is 1. The van der Waals surface area contributed by atoms with Crippen molar-refractivity contribution in [2.75, 3.05) is 6.54 Å². The van der Waals surface area contributed by atoms with Crippen LogP contribution in [0.5, 0.6) is 0 Å². The zero-order valence-electron chi connectivity index (χ0n) is 17.9. The van der Waals surface area contributed by atoms with Gasteiger partial charge in [-0.15, -0.1) is 0 Å². The lowest BCUT2D eigenvalue weighted by Crippen LogP contribution is -2.39. The maximum absolute atomic E-state index is 13.4. The van der Waals surface area contributed by atoms with Crippen LogP contribution in [0.4, 0.5) is 0 Å². The molecule has 0 radical (unpaired) electrons. The number of fused-ring (bicyclic) bond motifs is 1. The molecule has 5 nitrogen and oxygen atoms in total. The van der Waals surface area contributed by atoms with Crippen LogP contribution >= 0.6 is 0 Å². The van der Waals surface area contributed by atoms with Gasteiger partial charge in [0.15, 0.2) is 5.78 Å². The molecule has 0 bridgehead atoms. The van der Waals surface area contributed by atoms with Gasteiger partial charge >= 0.3 is 0 Å². The van der Waals surface area contributed by atoms with E-state index >= 15 is 0 Å². The number of nitrogens with one attached hydrogen (secondary N) is 1. The normalized spacial score (nSPS) is 14.7. The monoisotopic (exact) mass is 414 g/mol. The number of hydrogen-bond donors (Lipinski definition) is 1. The minimum Gasteiger partial charge on any atom is -0.352 e. The average molecular weight is 415 g/mol. The highest BCUT2D eigenvalue weighted by Crippen LogP contribution is 2.35. The Kier molecular flexibility index (Phi) is 5.59. The van der Waals surface area contributed by atoms with Crippen LogP contribution in [0.1, 0.15) is 52.2 Å². The summed E-state index contributed by atoms with van der Waals surface area (Å²) < 4.78 is 1.54. The molecule has 0 aliphatic heterocycles. The summed E-state index contributed by atoms with van der Waals surface area (Å²) in [6, 6.07) is 20.5. The number of ketones is 1. The predicted molar refractivity (Wildman–Crippen MR) is 121 cm³/mol. The molecule has 158 valence electrons. The van der Waals surface area contributed by atoms with E-state index in [0.29, 0.717) is 42.8 Å². The van der Waals surface area contributed by atoms with Crippen LogP contribution in [-0.4, -0.2) is 22.8 Å². The van der Waals surface area contributed by atoms with E-state index in [2.05, 4.69) is 5.32 Å². The van der Waals surface area contributed by atoms with Crippen LogP contribution < -0.4 is 10.9 Å². The van der Waals surface area contributed by atoms with Gasteiger partial charge in [0.05, 0.1) is 0 Å². The summed E-state index contributed by atoms with van der Waals surface area (Å²) in [7, 11) is 0. The zero-order chi connectivity index (χ0) is 22.0. The summed E-state index contributed by atoms with van der Waals surface area (Å²) in [4.78, 5) is 39.3. The Bertz CT molecular complexity index is 1180. The molecule has 3 aromatic rings. The molecule has 1 amide bonds. The van der Waals surface area contributed by atoms with Gasteiger partial charge in [-0.3, -0.25) is 19.0 Å². The molecule has 1 N–H and O–H groups in total. The van der Waals surface area contributed by atoms with Gasteiger partial charge in [-0.1, -0.05) is 62.4 Å². The number of rotatable bonds is 5. The van der Waals surface area contributed by atoms with Crippen molar-refractivity contribution in [1.82, 2.24) is 9.88 Å². The largest absolute Gasteiger partial charge is 0.352 e. The molecule has 0 unspecified atom stereocenters. The highest BCUT2D eigenvalue weighted by Gasteiger charge is 2.34. The topological polar surface area (TPSA) is 68.2 Å². The van der Waals surface area contributed by atoms with Crippen molar-refractivity contribution in [3.63, 3.8) is 0 Å². The first-order valence-corrected chi connectivity index (χ1v) is 10.6. The summed E-state index contributed by atoms with van der Waals surface area (Å²) in [5.41, 5.74) is 2.28. The highest BCUT2D eigenvalue weighted by atomic mass is 16.2. The average Bonchev–Trinajstić information content (AvgIpc) is 2.74. The van der Waals surface area contributed by atoms with E-state index in [-0.39, 0.29) is 16.8 Å². The molecule has 1 aliphatic carbocycles. The first kappa shape index (κ1) is 20.8. The van der Waals surface area contributed by atoms with Crippen LogP contribution in [0.3, 0.4) is 0 Å². The molecule has 0 spiro atoms. The van der Waals surface area contributed by atoms with Crippen molar-refractivity contribution in [2.24, 2.45) is 5.41 Å². The molecule has 31 heavy (non-hydrogen) atoms. The van der Waals surface area contributed by atoms with E-state index in [4.69, 9.17) is 0 Å². The number of carbonyl (C=O) groups is 2. The van der Waals surface area contributed by atoms with Crippen molar-refractivity contribution in [1.29, 1.82) is 0 Å². The minimum absolute atomic E-state index is 0.00345. The Hall–Kier alpha value is -3.47. The molecule has 1 aliphatic rings. The number of aromatic nitrogens is 1. The molecule has 0 atom stereocenters. The SMILES string of the molecule is CC1(C)CC(=O)c2cc(C(=O)NCCc3ccccc3)c(=O)n(-c3ccccc3)c2C1. The second-order valence-electron chi connectivity index (χ2n) is 8.83. The number of Topliss-reactive ketones (excluding diaryl/α,β-unsaturated/α-hetero) is 1. The first-order chi connectivity index (χ1) is 14.9. The number of carbonyl (C=O) groups excluding carboxylic acids is 2.